The van der Waals surface area contributed by atoms with Crippen molar-refractivity contribution in [3.8, 4) is 5.88 Å². The highest BCUT2D eigenvalue weighted by atomic mass is 32.1. The van der Waals surface area contributed by atoms with Gasteiger partial charge >= 0.3 is 6.03 Å². The number of nitrogens with one attached hydrogen (secondary N) is 2. The Balaban J connectivity index is 1.29. The van der Waals surface area contributed by atoms with E-state index in [9.17, 15) is 9.59 Å². The number of likely N-dealkylation sites (tertiary alicyclic amines) is 1. The van der Waals surface area contributed by atoms with Crippen molar-refractivity contribution < 1.29 is 18.7 Å². The van der Waals surface area contributed by atoms with Crippen LogP contribution < -0.4 is 21.1 Å². The summed E-state index contributed by atoms with van der Waals surface area (Å²) < 4.78 is 15.4. The van der Waals surface area contributed by atoms with E-state index in [1.54, 1.807) is 6.92 Å². The average molecular weight is 473 g/mol. The quantitative estimate of drug-likeness (QED) is 0.385. The number of oxazole rings is 1. The van der Waals surface area contributed by atoms with E-state index in [1.165, 1.54) is 25.9 Å². The Bertz CT molecular complexity index is 1120. The molecule has 4 rings (SSSR count). The number of nitrogens with zero attached hydrogens (tertiary/aromatic N) is 3. The van der Waals surface area contributed by atoms with Crippen LogP contribution in [0.4, 0.5) is 9.80 Å². The van der Waals surface area contributed by atoms with E-state index in [0.29, 0.717) is 18.0 Å². The number of carbonyl (C=O) groups is 2. The van der Waals surface area contributed by atoms with E-state index in [4.69, 9.17) is 14.9 Å². The fourth-order valence-electron chi connectivity index (χ4n) is 3.82. The summed E-state index contributed by atoms with van der Waals surface area (Å²) in [6.45, 7) is 5.90. The molecule has 3 heterocycles. The minimum absolute atomic E-state index is 0.0563. The molecule has 33 heavy (non-hydrogen) atoms. The van der Waals surface area contributed by atoms with Crippen molar-refractivity contribution in [2.75, 3.05) is 31.5 Å². The number of aryl methyl sites for hydroxylation is 1. The summed E-state index contributed by atoms with van der Waals surface area (Å²) in [4.78, 5) is 31.0. The molecule has 3 aromatic rings. The molecule has 0 bridgehead atoms. The molecule has 0 spiro atoms. The van der Waals surface area contributed by atoms with Gasteiger partial charge in [-0.2, -0.15) is 4.37 Å². The fraction of sp³-hybridized carbons (Fsp3) is 0.455. The number of hydrogen-bond acceptors (Lipinski definition) is 8. The Hall–Kier alpha value is -3.18. The van der Waals surface area contributed by atoms with Crippen molar-refractivity contribution in [3.05, 3.63) is 35.2 Å². The number of fused-ring (bicyclic) bond motifs is 1. The van der Waals surface area contributed by atoms with Gasteiger partial charge in [-0.15, -0.1) is 0 Å². The van der Waals surface area contributed by atoms with Crippen LogP contribution in [-0.4, -0.2) is 52.4 Å². The molecule has 1 aromatic carbocycles. The molecule has 1 saturated heterocycles. The molecule has 0 saturated carbocycles. The van der Waals surface area contributed by atoms with Crippen LogP contribution in [0.1, 0.15) is 47.5 Å². The molecule has 0 atom stereocenters. The fourth-order valence-corrected chi connectivity index (χ4v) is 4.55. The van der Waals surface area contributed by atoms with Gasteiger partial charge in [-0.25, -0.2) is 9.78 Å². The highest BCUT2D eigenvalue weighted by Gasteiger charge is 2.22. The number of primary amides is 1. The maximum absolute atomic E-state index is 12.3. The van der Waals surface area contributed by atoms with Crippen LogP contribution in [0.5, 0.6) is 5.88 Å². The van der Waals surface area contributed by atoms with Gasteiger partial charge in [0.15, 0.2) is 11.5 Å². The lowest BCUT2D eigenvalue weighted by atomic mass is 10.2. The van der Waals surface area contributed by atoms with Crippen molar-refractivity contribution in [1.82, 2.24) is 19.6 Å². The number of hydrogen-bond donors (Lipinski definition) is 3. The largest absolute Gasteiger partial charge is 0.472 e. The molecule has 0 radical (unpaired) electrons. The predicted octanol–water partition coefficient (Wildman–Crippen LogP) is 3.27. The number of unbranched alkanes of at least 4 members (excludes halogenated alkanes) is 1. The molecular formula is C22H28N6O4S. The minimum atomic E-state index is -0.721. The van der Waals surface area contributed by atoms with Gasteiger partial charge in [-0.05, 0) is 74.5 Å². The van der Waals surface area contributed by atoms with Gasteiger partial charge < -0.3 is 25.1 Å². The number of aromatic nitrogens is 2. The van der Waals surface area contributed by atoms with Crippen LogP contribution >= 0.6 is 11.5 Å². The lowest BCUT2D eigenvalue weighted by molar-refractivity contribution is 0.0996. The predicted molar refractivity (Wildman–Crippen MR) is 126 cm³/mol. The Morgan fingerprint density at radius 3 is 2.88 bits per heavy atom. The number of benzene rings is 1. The molecule has 0 unspecified atom stereocenters. The zero-order valence-corrected chi connectivity index (χ0v) is 19.4. The SMILES string of the molecule is Cc1nc2ccc(COc3nsc(NC(=O)NCCCCN4CCCC4)c3C(N)=O)cc2o1. The van der Waals surface area contributed by atoms with Crippen molar-refractivity contribution in [3.63, 3.8) is 0 Å². The maximum atomic E-state index is 12.3. The summed E-state index contributed by atoms with van der Waals surface area (Å²) in [5.74, 6) is -0.0533. The highest BCUT2D eigenvalue weighted by Crippen LogP contribution is 2.31. The van der Waals surface area contributed by atoms with Crippen molar-refractivity contribution >= 4 is 39.6 Å². The Labute approximate surface area is 195 Å². The third-order valence-electron chi connectivity index (χ3n) is 5.45. The maximum Gasteiger partial charge on any atom is 0.319 e. The first-order chi connectivity index (χ1) is 16.0. The topological polar surface area (TPSA) is 136 Å². The van der Waals surface area contributed by atoms with E-state index in [2.05, 4.69) is 24.9 Å². The molecule has 10 nitrogen and oxygen atoms in total. The smallest absolute Gasteiger partial charge is 0.319 e. The van der Waals surface area contributed by atoms with E-state index < -0.39 is 11.9 Å². The molecular weight excluding hydrogens is 444 g/mol. The lowest BCUT2D eigenvalue weighted by Crippen LogP contribution is -2.30. The third kappa shape index (κ3) is 5.99. The van der Waals surface area contributed by atoms with Crippen LogP contribution in [0.15, 0.2) is 22.6 Å². The number of amides is 3. The zero-order valence-electron chi connectivity index (χ0n) is 18.6. The number of urea groups is 1. The molecule has 3 amide bonds. The molecule has 0 aliphatic carbocycles. The van der Waals surface area contributed by atoms with E-state index in [1.807, 2.05) is 18.2 Å². The highest BCUT2D eigenvalue weighted by molar-refractivity contribution is 7.11. The van der Waals surface area contributed by atoms with E-state index in [0.717, 1.165) is 42.0 Å². The third-order valence-corrected chi connectivity index (χ3v) is 6.20. The van der Waals surface area contributed by atoms with Gasteiger partial charge in [-0.1, -0.05) is 6.07 Å². The molecule has 176 valence electrons. The first-order valence-electron chi connectivity index (χ1n) is 11.0. The first-order valence-corrected chi connectivity index (χ1v) is 11.8. The van der Waals surface area contributed by atoms with Gasteiger partial charge in [0, 0.05) is 13.5 Å². The second-order valence-electron chi connectivity index (χ2n) is 8.02. The first kappa shape index (κ1) is 23.0. The molecule has 1 aliphatic rings. The van der Waals surface area contributed by atoms with E-state index >= 15 is 0 Å². The molecule has 1 fully saturated rings. The Kier molecular flexibility index (Phi) is 7.40. The molecule has 11 heteroatoms. The van der Waals surface area contributed by atoms with Crippen LogP contribution in [0.2, 0.25) is 0 Å². The standard InChI is InChI=1S/C22H28N6O4S/c1-14-25-16-7-6-15(12-17(16)32-14)13-31-20-18(19(23)29)21(33-27-20)26-22(30)24-8-2-3-9-28-10-4-5-11-28/h6-7,12H,2-5,8-11,13H2,1H3,(H2,23,29)(H2,24,26,30). The molecule has 1 aliphatic heterocycles. The number of carbonyl (C=O) groups excluding carboxylic acids is 2. The second kappa shape index (κ2) is 10.6. The molecule has 2 aromatic heterocycles. The zero-order chi connectivity index (χ0) is 23.2. The van der Waals surface area contributed by atoms with Crippen LogP contribution in [-0.2, 0) is 6.61 Å². The van der Waals surface area contributed by atoms with Crippen LogP contribution in [0.3, 0.4) is 0 Å². The van der Waals surface area contributed by atoms with Gasteiger partial charge in [0.1, 0.15) is 22.7 Å². The number of nitrogens with two attached hydrogens (primary N) is 1. The Morgan fingerprint density at radius 2 is 2.09 bits per heavy atom. The lowest BCUT2D eigenvalue weighted by Gasteiger charge is -2.14. The van der Waals surface area contributed by atoms with Gasteiger partial charge in [-0.3, -0.25) is 10.1 Å². The van der Waals surface area contributed by atoms with Crippen molar-refractivity contribution in [2.24, 2.45) is 5.73 Å². The minimum Gasteiger partial charge on any atom is -0.472 e. The van der Waals surface area contributed by atoms with E-state index in [-0.39, 0.29) is 23.1 Å². The summed E-state index contributed by atoms with van der Waals surface area (Å²) in [6.07, 6.45) is 4.48. The Morgan fingerprint density at radius 1 is 1.27 bits per heavy atom. The van der Waals surface area contributed by atoms with Crippen LogP contribution in [0, 0.1) is 6.92 Å². The van der Waals surface area contributed by atoms with Crippen molar-refractivity contribution in [2.45, 2.75) is 39.2 Å². The normalized spacial score (nSPS) is 14.0. The summed E-state index contributed by atoms with van der Waals surface area (Å²) in [6, 6.07) is 5.11. The average Bonchev–Trinajstić information content (AvgIpc) is 3.51. The number of rotatable bonds is 10. The summed E-state index contributed by atoms with van der Waals surface area (Å²) in [7, 11) is 0. The van der Waals surface area contributed by atoms with Crippen LogP contribution in [0.25, 0.3) is 11.1 Å². The van der Waals surface area contributed by atoms with Gasteiger partial charge in [0.25, 0.3) is 5.91 Å². The summed E-state index contributed by atoms with van der Waals surface area (Å²) in [5.41, 5.74) is 7.82. The van der Waals surface area contributed by atoms with Crippen molar-refractivity contribution in [1.29, 1.82) is 0 Å². The summed E-state index contributed by atoms with van der Waals surface area (Å²) in [5, 5.41) is 5.73. The number of ether oxygens (including phenoxy) is 1. The van der Waals surface area contributed by atoms with Gasteiger partial charge in [0.2, 0.25) is 5.88 Å². The second-order valence-corrected chi connectivity index (χ2v) is 8.79. The van der Waals surface area contributed by atoms with Gasteiger partial charge in [0.05, 0.1) is 0 Å². The summed E-state index contributed by atoms with van der Waals surface area (Å²) >= 11 is 0.951. The monoisotopic (exact) mass is 472 g/mol. The molecule has 4 N–H and O–H groups in total. The number of anilines is 1.